The number of nitrogens with one attached hydrogen (secondary N) is 1. The van der Waals surface area contributed by atoms with Crippen molar-refractivity contribution in [2.45, 2.75) is 45.3 Å². The molecule has 2 amide bonds. The van der Waals surface area contributed by atoms with Crippen LogP contribution in [0.4, 0.5) is 4.79 Å². The first kappa shape index (κ1) is 15.4. The number of likely N-dealkylation sites (tertiary alicyclic amines) is 1. The number of furan rings is 1. The molecule has 1 aliphatic rings. The minimum absolute atomic E-state index is 0.0798. The van der Waals surface area contributed by atoms with Gasteiger partial charge in [-0.2, -0.15) is 0 Å². The number of carbonyl (C=O) groups is 2. The molecule has 1 aromatic rings. The first-order chi connectivity index (χ1) is 9.85. The second kappa shape index (κ2) is 6.20. The highest BCUT2D eigenvalue weighted by atomic mass is 16.6. The van der Waals surface area contributed by atoms with Crippen molar-refractivity contribution in [2.75, 3.05) is 13.1 Å². The predicted molar refractivity (Wildman–Crippen MR) is 77.0 cm³/mol. The van der Waals surface area contributed by atoms with Crippen LogP contribution in [0, 0.1) is 0 Å². The van der Waals surface area contributed by atoms with E-state index in [4.69, 9.17) is 9.15 Å². The Bertz CT molecular complexity index is 490. The van der Waals surface area contributed by atoms with E-state index >= 15 is 0 Å². The standard InChI is InChI=1S/C15H22N2O4/c1-15(2,3)21-14(19)17-8-4-6-11(10-17)16-13(18)12-7-5-9-20-12/h5,7,9,11H,4,6,8,10H2,1-3H3,(H,16,18)/t11-/m1/s1. The van der Waals surface area contributed by atoms with Gasteiger partial charge in [-0.1, -0.05) is 0 Å². The molecule has 1 aliphatic heterocycles. The summed E-state index contributed by atoms with van der Waals surface area (Å²) in [7, 11) is 0. The zero-order valence-electron chi connectivity index (χ0n) is 12.7. The van der Waals surface area contributed by atoms with Gasteiger partial charge in [0.15, 0.2) is 5.76 Å². The quantitative estimate of drug-likeness (QED) is 0.909. The Morgan fingerprint density at radius 1 is 1.43 bits per heavy atom. The van der Waals surface area contributed by atoms with Crippen LogP contribution in [0.2, 0.25) is 0 Å². The molecule has 0 spiro atoms. The van der Waals surface area contributed by atoms with Crippen LogP contribution >= 0.6 is 0 Å². The van der Waals surface area contributed by atoms with E-state index in [0.29, 0.717) is 13.1 Å². The third-order valence-electron chi connectivity index (χ3n) is 3.15. The van der Waals surface area contributed by atoms with Gasteiger partial charge in [0.2, 0.25) is 0 Å². The number of rotatable bonds is 2. The average molecular weight is 294 g/mol. The predicted octanol–water partition coefficient (Wildman–Crippen LogP) is 2.41. The summed E-state index contributed by atoms with van der Waals surface area (Å²) in [6, 6.07) is 3.20. The molecule has 6 heteroatoms. The highest BCUT2D eigenvalue weighted by Crippen LogP contribution is 2.15. The SMILES string of the molecule is CC(C)(C)OC(=O)N1CCC[C@@H](NC(=O)c2ccco2)C1. The van der Waals surface area contributed by atoms with Crippen LogP contribution in [0.3, 0.4) is 0 Å². The number of amides is 2. The smallest absolute Gasteiger partial charge is 0.410 e. The second-order valence-corrected chi connectivity index (χ2v) is 6.22. The Hall–Kier alpha value is -1.98. The van der Waals surface area contributed by atoms with E-state index in [1.165, 1.54) is 6.26 Å². The van der Waals surface area contributed by atoms with E-state index in [1.54, 1.807) is 17.0 Å². The van der Waals surface area contributed by atoms with Crippen LogP contribution in [0.1, 0.15) is 44.2 Å². The Kier molecular flexibility index (Phi) is 4.55. The summed E-state index contributed by atoms with van der Waals surface area (Å²) < 4.78 is 10.4. The molecule has 0 saturated carbocycles. The maximum Gasteiger partial charge on any atom is 0.410 e. The Balaban J connectivity index is 1.89. The zero-order chi connectivity index (χ0) is 15.5. The van der Waals surface area contributed by atoms with Crippen molar-refractivity contribution in [1.82, 2.24) is 10.2 Å². The van der Waals surface area contributed by atoms with Gasteiger partial charge in [0.1, 0.15) is 5.60 Å². The molecule has 0 aromatic carbocycles. The molecule has 2 heterocycles. The Labute approximate surface area is 124 Å². The van der Waals surface area contributed by atoms with Crippen molar-refractivity contribution in [2.24, 2.45) is 0 Å². The molecule has 2 rings (SSSR count). The molecule has 21 heavy (non-hydrogen) atoms. The first-order valence-corrected chi connectivity index (χ1v) is 7.17. The zero-order valence-corrected chi connectivity index (χ0v) is 12.7. The third kappa shape index (κ3) is 4.51. The van der Waals surface area contributed by atoms with Gasteiger partial charge in [-0.25, -0.2) is 4.79 Å². The van der Waals surface area contributed by atoms with E-state index in [-0.39, 0.29) is 23.8 Å². The Morgan fingerprint density at radius 2 is 2.19 bits per heavy atom. The maximum atomic E-state index is 12.0. The highest BCUT2D eigenvalue weighted by molar-refractivity contribution is 5.91. The maximum absolute atomic E-state index is 12.0. The third-order valence-corrected chi connectivity index (χ3v) is 3.15. The van der Waals surface area contributed by atoms with E-state index in [9.17, 15) is 9.59 Å². The molecule has 0 radical (unpaired) electrons. The van der Waals surface area contributed by atoms with Gasteiger partial charge >= 0.3 is 6.09 Å². The monoisotopic (exact) mass is 294 g/mol. The average Bonchev–Trinajstić information content (AvgIpc) is 2.91. The normalized spacial score (nSPS) is 19.2. The van der Waals surface area contributed by atoms with E-state index in [2.05, 4.69) is 5.32 Å². The van der Waals surface area contributed by atoms with Crippen LogP contribution in [-0.4, -0.2) is 41.6 Å². The van der Waals surface area contributed by atoms with Crippen LogP contribution in [0.15, 0.2) is 22.8 Å². The minimum Gasteiger partial charge on any atom is -0.459 e. The fourth-order valence-corrected chi connectivity index (χ4v) is 2.25. The summed E-state index contributed by atoms with van der Waals surface area (Å²) in [5, 5.41) is 2.89. The van der Waals surface area contributed by atoms with Gasteiger partial charge in [-0.05, 0) is 45.7 Å². The molecule has 1 N–H and O–H groups in total. The van der Waals surface area contributed by atoms with Crippen LogP contribution < -0.4 is 5.32 Å². The topological polar surface area (TPSA) is 71.8 Å². The molecule has 1 saturated heterocycles. The molecule has 1 aromatic heterocycles. The van der Waals surface area contributed by atoms with Gasteiger partial charge < -0.3 is 19.4 Å². The van der Waals surface area contributed by atoms with Gasteiger partial charge in [0.05, 0.1) is 6.26 Å². The minimum atomic E-state index is -0.512. The molecule has 1 fully saturated rings. The second-order valence-electron chi connectivity index (χ2n) is 6.22. The van der Waals surface area contributed by atoms with Gasteiger partial charge in [0.25, 0.3) is 5.91 Å². The summed E-state index contributed by atoms with van der Waals surface area (Å²) in [5.74, 6) is 0.0282. The van der Waals surface area contributed by atoms with Crippen LogP contribution in [0.5, 0.6) is 0 Å². The Morgan fingerprint density at radius 3 is 2.81 bits per heavy atom. The molecule has 116 valence electrons. The van der Waals surface area contributed by atoms with E-state index < -0.39 is 5.60 Å². The largest absolute Gasteiger partial charge is 0.459 e. The summed E-state index contributed by atoms with van der Waals surface area (Å²) >= 11 is 0. The highest BCUT2D eigenvalue weighted by Gasteiger charge is 2.28. The molecular formula is C15H22N2O4. The summed E-state index contributed by atoms with van der Waals surface area (Å²) in [6.45, 7) is 6.63. The number of hydrogen-bond acceptors (Lipinski definition) is 4. The lowest BCUT2D eigenvalue weighted by atomic mass is 10.1. The van der Waals surface area contributed by atoms with E-state index in [0.717, 1.165) is 12.8 Å². The molecule has 0 unspecified atom stereocenters. The molecule has 0 bridgehead atoms. The van der Waals surface area contributed by atoms with Crippen molar-refractivity contribution >= 4 is 12.0 Å². The van der Waals surface area contributed by atoms with Crippen LogP contribution in [0.25, 0.3) is 0 Å². The lowest BCUT2D eigenvalue weighted by Gasteiger charge is -2.34. The number of nitrogens with zero attached hydrogens (tertiary/aromatic N) is 1. The van der Waals surface area contributed by atoms with E-state index in [1.807, 2.05) is 20.8 Å². The number of hydrogen-bond donors (Lipinski definition) is 1. The summed E-state index contributed by atoms with van der Waals surface area (Å²) in [6.07, 6.45) is 2.80. The number of carbonyl (C=O) groups excluding carboxylic acids is 2. The lowest BCUT2D eigenvalue weighted by Crippen LogP contribution is -2.50. The fourth-order valence-electron chi connectivity index (χ4n) is 2.25. The van der Waals surface area contributed by atoms with Crippen LogP contribution in [-0.2, 0) is 4.74 Å². The van der Waals surface area contributed by atoms with Crippen molar-refractivity contribution in [1.29, 1.82) is 0 Å². The molecule has 1 atom stereocenters. The number of piperidine rings is 1. The van der Waals surface area contributed by atoms with Gasteiger partial charge in [-0.15, -0.1) is 0 Å². The van der Waals surface area contributed by atoms with Crippen molar-refractivity contribution in [3.8, 4) is 0 Å². The molecule has 6 nitrogen and oxygen atoms in total. The van der Waals surface area contributed by atoms with Crippen molar-refractivity contribution < 1.29 is 18.7 Å². The molecule has 0 aliphatic carbocycles. The lowest BCUT2D eigenvalue weighted by molar-refractivity contribution is 0.0185. The van der Waals surface area contributed by atoms with Crippen molar-refractivity contribution in [3.63, 3.8) is 0 Å². The first-order valence-electron chi connectivity index (χ1n) is 7.17. The van der Waals surface area contributed by atoms with Gasteiger partial charge in [-0.3, -0.25) is 4.79 Å². The van der Waals surface area contributed by atoms with Gasteiger partial charge in [0, 0.05) is 19.1 Å². The number of ether oxygens (including phenoxy) is 1. The molecular weight excluding hydrogens is 272 g/mol. The fraction of sp³-hybridized carbons (Fsp3) is 0.600. The van der Waals surface area contributed by atoms with Crippen molar-refractivity contribution in [3.05, 3.63) is 24.2 Å². The summed E-state index contributed by atoms with van der Waals surface area (Å²) in [5.41, 5.74) is -0.512. The summed E-state index contributed by atoms with van der Waals surface area (Å²) in [4.78, 5) is 25.6.